The van der Waals surface area contributed by atoms with Crippen LogP contribution in [0, 0.1) is 5.82 Å². The lowest BCUT2D eigenvalue weighted by atomic mass is 9.90. The average molecular weight is 519 g/mol. The van der Waals surface area contributed by atoms with E-state index in [1.54, 1.807) is 0 Å². The van der Waals surface area contributed by atoms with Crippen molar-refractivity contribution in [2.24, 2.45) is 0 Å². The van der Waals surface area contributed by atoms with Crippen LogP contribution in [0.25, 0.3) is 0 Å². The van der Waals surface area contributed by atoms with Gasteiger partial charge in [0, 0.05) is 23.5 Å². The zero-order chi connectivity index (χ0) is 26.4. The molecule has 1 aromatic heterocycles. The van der Waals surface area contributed by atoms with Crippen molar-refractivity contribution in [3.05, 3.63) is 69.3 Å². The standard InChI is InChI=1S/C25H24ClFN2O7/c1-34-23(31)15-8-14(11-28-12-15)13-29(21-9-18(25(33)36-3)19(26)10-20(21)27)22(30)16-6-4-5-7-17(16)24(32)35-2/h8-12H,4-7,13H2,1-3H3. The fourth-order valence-corrected chi connectivity index (χ4v) is 4.14. The molecule has 36 heavy (non-hydrogen) atoms. The number of esters is 3. The van der Waals surface area contributed by atoms with E-state index < -0.39 is 29.6 Å². The van der Waals surface area contributed by atoms with Gasteiger partial charge in [0.25, 0.3) is 5.91 Å². The number of hydrogen-bond donors (Lipinski definition) is 0. The Morgan fingerprint density at radius 3 is 2.19 bits per heavy atom. The van der Waals surface area contributed by atoms with Gasteiger partial charge in [-0.2, -0.15) is 0 Å². The summed E-state index contributed by atoms with van der Waals surface area (Å²) >= 11 is 6.05. The maximum absolute atomic E-state index is 15.2. The Kier molecular flexibility index (Phi) is 8.76. The van der Waals surface area contributed by atoms with Crippen molar-refractivity contribution in [1.82, 2.24) is 4.98 Å². The average Bonchev–Trinajstić information content (AvgIpc) is 2.90. The molecule has 1 heterocycles. The van der Waals surface area contributed by atoms with Gasteiger partial charge in [-0.25, -0.2) is 18.8 Å². The van der Waals surface area contributed by atoms with E-state index in [0.29, 0.717) is 24.8 Å². The third-order valence-electron chi connectivity index (χ3n) is 5.69. The third-order valence-corrected chi connectivity index (χ3v) is 6.00. The quantitative estimate of drug-likeness (QED) is 0.399. The Labute approximate surface area is 211 Å². The summed E-state index contributed by atoms with van der Waals surface area (Å²) < 4.78 is 29.5. The first kappa shape index (κ1) is 26.8. The largest absolute Gasteiger partial charge is 0.466 e. The van der Waals surface area contributed by atoms with Crippen molar-refractivity contribution in [3.63, 3.8) is 0 Å². The minimum absolute atomic E-state index is 0.126. The number of anilines is 1. The molecule has 0 atom stereocenters. The number of carbonyl (C=O) groups excluding carboxylic acids is 4. The van der Waals surface area contributed by atoms with Crippen LogP contribution in [-0.4, -0.2) is 50.1 Å². The summed E-state index contributed by atoms with van der Waals surface area (Å²) in [6.07, 6.45) is 4.63. The number of pyridine rings is 1. The maximum atomic E-state index is 15.2. The molecule has 1 aliphatic rings. The zero-order valence-corrected chi connectivity index (χ0v) is 20.7. The molecule has 1 aliphatic carbocycles. The van der Waals surface area contributed by atoms with Gasteiger partial charge in [0.2, 0.25) is 0 Å². The molecule has 0 saturated carbocycles. The third kappa shape index (κ3) is 5.71. The molecule has 1 amide bonds. The zero-order valence-electron chi connectivity index (χ0n) is 19.9. The number of benzene rings is 1. The summed E-state index contributed by atoms with van der Waals surface area (Å²) in [6, 6.07) is 3.47. The number of carbonyl (C=O) groups is 4. The molecule has 0 N–H and O–H groups in total. The van der Waals surface area contributed by atoms with Crippen molar-refractivity contribution in [2.75, 3.05) is 26.2 Å². The van der Waals surface area contributed by atoms with Crippen LogP contribution in [0.4, 0.5) is 10.1 Å². The van der Waals surface area contributed by atoms with E-state index in [2.05, 4.69) is 4.98 Å². The molecule has 0 unspecified atom stereocenters. The van der Waals surface area contributed by atoms with Crippen molar-refractivity contribution in [3.8, 4) is 0 Å². The van der Waals surface area contributed by atoms with Crippen LogP contribution in [-0.2, 0) is 30.3 Å². The van der Waals surface area contributed by atoms with E-state index in [-0.39, 0.29) is 45.9 Å². The van der Waals surface area contributed by atoms with Gasteiger partial charge >= 0.3 is 17.9 Å². The number of halogens is 2. The highest BCUT2D eigenvalue weighted by Crippen LogP contribution is 2.33. The van der Waals surface area contributed by atoms with E-state index in [4.69, 9.17) is 25.8 Å². The molecular weight excluding hydrogens is 495 g/mol. The van der Waals surface area contributed by atoms with Crippen LogP contribution in [0.1, 0.15) is 52.0 Å². The summed E-state index contributed by atoms with van der Waals surface area (Å²) in [4.78, 5) is 55.5. The molecule has 3 rings (SSSR count). The number of amides is 1. The van der Waals surface area contributed by atoms with Crippen molar-refractivity contribution in [2.45, 2.75) is 32.2 Å². The fraction of sp³-hybridized carbons (Fsp3) is 0.320. The summed E-state index contributed by atoms with van der Waals surface area (Å²) in [6.45, 7) is -0.242. The van der Waals surface area contributed by atoms with Gasteiger partial charge in [-0.3, -0.25) is 9.78 Å². The molecule has 0 fully saturated rings. The van der Waals surface area contributed by atoms with Gasteiger partial charge in [0.15, 0.2) is 0 Å². The molecule has 0 spiro atoms. The van der Waals surface area contributed by atoms with Crippen LogP contribution >= 0.6 is 11.6 Å². The van der Waals surface area contributed by atoms with Gasteiger partial charge in [0.1, 0.15) is 5.82 Å². The van der Waals surface area contributed by atoms with Gasteiger partial charge in [-0.1, -0.05) is 11.6 Å². The summed E-state index contributed by atoms with van der Waals surface area (Å²) in [5, 5.41) is -0.197. The van der Waals surface area contributed by atoms with Gasteiger partial charge in [-0.05, 0) is 49.4 Å². The smallest absolute Gasteiger partial charge is 0.339 e. The predicted molar refractivity (Wildman–Crippen MR) is 127 cm³/mol. The molecule has 0 aliphatic heterocycles. The van der Waals surface area contributed by atoms with Crippen molar-refractivity contribution < 1.29 is 37.8 Å². The van der Waals surface area contributed by atoms with Crippen molar-refractivity contribution in [1.29, 1.82) is 0 Å². The summed E-state index contributed by atoms with van der Waals surface area (Å²) in [5.41, 5.74) is 0.468. The predicted octanol–water partition coefficient (Wildman–Crippen LogP) is 4.02. The number of hydrogen-bond acceptors (Lipinski definition) is 8. The van der Waals surface area contributed by atoms with Crippen LogP contribution in [0.5, 0.6) is 0 Å². The van der Waals surface area contributed by atoms with Gasteiger partial charge in [-0.15, -0.1) is 0 Å². The lowest BCUT2D eigenvalue weighted by Gasteiger charge is -2.28. The van der Waals surface area contributed by atoms with Crippen LogP contribution in [0.3, 0.4) is 0 Å². The topological polar surface area (TPSA) is 112 Å². The molecule has 2 aromatic rings. The Hall–Kier alpha value is -3.79. The number of nitrogens with zero attached hydrogens (tertiary/aromatic N) is 2. The monoisotopic (exact) mass is 518 g/mol. The molecule has 190 valence electrons. The van der Waals surface area contributed by atoms with Crippen LogP contribution in [0.15, 0.2) is 41.7 Å². The molecular formula is C25H24ClFN2O7. The highest BCUT2D eigenvalue weighted by atomic mass is 35.5. The van der Waals surface area contributed by atoms with E-state index in [9.17, 15) is 19.2 Å². The fourth-order valence-electron chi connectivity index (χ4n) is 3.92. The minimum Gasteiger partial charge on any atom is -0.466 e. The molecule has 0 saturated heterocycles. The lowest BCUT2D eigenvalue weighted by Crippen LogP contribution is -2.35. The SMILES string of the molecule is COC(=O)C1=C(C(=O)N(Cc2cncc(C(=O)OC)c2)c2cc(C(=O)OC)c(Cl)cc2F)CCCC1. The highest BCUT2D eigenvalue weighted by molar-refractivity contribution is 6.33. The van der Waals surface area contributed by atoms with Crippen LogP contribution in [0.2, 0.25) is 5.02 Å². The van der Waals surface area contributed by atoms with E-state index >= 15 is 4.39 Å². The molecule has 11 heteroatoms. The maximum Gasteiger partial charge on any atom is 0.339 e. The molecule has 0 radical (unpaired) electrons. The Morgan fingerprint density at radius 2 is 1.56 bits per heavy atom. The number of ether oxygens (including phenoxy) is 3. The number of aromatic nitrogens is 1. The van der Waals surface area contributed by atoms with E-state index in [1.807, 2.05) is 0 Å². The lowest BCUT2D eigenvalue weighted by molar-refractivity contribution is -0.136. The number of rotatable bonds is 7. The Morgan fingerprint density at radius 1 is 0.917 bits per heavy atom. The first-order chi connectivity index (χ1) is 17.2. The first-order valence-electron chi connectivity index (χ1n) is 10.9. The summed E-state index contributed by atoms with van der Waals surface area (Å²) in [5.74, 6) is -3.64. The van der Waals surface area contributed by atoms with Crippen LogP contribution < -0.4 is 4.90 Å². The molecule has 9 nitrogen and oxygen atoms in total. The van der Waals surface area contributed by atoms with Gasteiger partial charge < -0.3 is 19.1 Å². The van der Waals surface area contributed by atoms with E-state index in [0.717, 1.165) is 24.1 Å². The molecule has 0 bridgehead atoms. The molecule has 1 aromatic carbocycles. The minimum atomic E-state index is -0.880. The second-order valence-corrected chi connectivity index (χ2v) is 8.30. The van der Waals surface area contributed by atoms with Crippen molar-refractivity contribution >= 4 is 41.1 Å². The Bertz CT molecular complexity index is 1240. The second kappa shape index (κ2) is 11.8. The Balaban J connectivity index is 2.18. The number of methoxy groups -OCH3 is 3. The normalized spacial score (nSPS) is 13.1. The highest BCUT2D eigenvalue weighted by Gasteiger charge is 2.31. The summed E-state index contributed by atoms with van der Waals surface area (Å²) in [7, 11) is 3.57. The van der Waals surface area contributed by atoms with E-state index in [1.165, 1.54) is 32.7 Å². The first-order valence-corrected chi connectivity index (χ1v) is 11.3. The van der Waals surface area contributed by atoms with Gasteiger partial charge in [0.05, 0.1) is 49.7 Å². The second-order valence-electron chi connectivity index (χ2n) is 7.90.